The highest BCUT2D eigenvalue weighted by molar-refractivity contribution is 5.08. The first kappa shape index (κ1) is 12.2. The van der Waals surface area contributed by atoms with E-state index in [-0.39, 0.29) is 5.41 Å². The molecule has 1 saturated heterocycles. The van der Waals surface area contributed by atoms with Gasteiger partial charge in [-0.2, -0.15) is 4.98 Å². The van der Waals surface area contributed by atoms with Crippen molar-refractivity contribution in [3.63, 3.8) is 0 Å². The normalized spacial score (nSPS) is 31.7. The van der Waals surface area contributed by atoms with E-state index in [2.05, 4.69) is 24.3 Å². The topological polar surface area (TPSA) is 51.0 Å². The molecule has 3 rings (SSSR count). The summed E-state index contributed by atoms with van der Waals surface area (Å²) in [6.07, 6.45) is 5.93. The molecule has 2 unspecified atom stereocenters. The molecule has 2 heterocycles. The van der Waals surface area contributed by atoms with Gasteiger partial charge in [-0.25, -0.2) is 0 Å². The fourth-order valence-electron chi connectivity index (χ4n) is 3.28. The van der Waals surface area contributed by atoms with E-state index in [1.54, 1.807) is 0 Å². The van der Waals surface area contributed by atoms with Crippen LogP contribution in [0.2, 0.25) is 0 Å². The quantitative estimate of drug-likeness (QED) is 0.875. The van der Waals surface area contributed by atoms with Crippen LogP contribution < -0.4 is 5.32 Å². The monoisotopic (exact) mass is 249 g/mol. The molecule has 1 aliphatic carbocycles. The third-order valence-corrected chi connectivity index (χ3v) is 4.73. The van der Waals surface area contributed by atoms with E-state index in [0.717, 1.165) is 43.6 Å². The smallest absolute Gasteiger partial charge is 0.232 e. The van der Waals surface area contributed by atoms with Gasteiger partial charge in [0.1, 0.15) is 0 Å². The Balaban J connectivity index is 1.76. The van der Waals surface area contributed by atoms with E-state index < -0.39 is 0 Å². The molecule has 1 N–H and O–H groups in total. The van der Waals surface area contributed by atoms with E-state index in [1.165, 1.54) is 19.3 Å². The Morgan fingerprint density at radius 1 is 1.28 bits per heavy atom. The number of rotatable bonds is 2. The van der Waals surface area contributed by atoms with Gasteiger partial charge in [-0.3, -0.25) is 0 Å². The van der Waals surface area contributed by atoms with Crippen LogP contribution >= 0.6 is 0 Å². The fourth-order valence-corrected chi connectivity index (χ4v) is 3.28. The fraction of sp³-hybridized carbons (Fsp3) is 0.857. The predicted octanol–water partition coefficient (Wildman–Crippen LogP) is 2.61. The number of piperidine rings is 1. The summed E-state index contributed by atoms with van der Waals surface area (Å²) < 4.78 is 5.57. The number of nitrogens with zero attached hydrogens (tertiary/aromatic N) is 2. The summed E-state index contributed by atoms with van der Waals surface area (Å²) in [5.41, 5.74) is 0.0840. The largest absolute Gasteiger partial charge is 0.339 e. The van der Waals surface area contributed by atoms with Crippen molar-refractivity contribution < 1.29 is 4.52 Å². The third-order valence-electron chi connectivity index (χ3n) is 4.73. The van der Waals surface area contributed by atoms with Gasteiger partial charge in [0.25, 0.3) is 0 Å². The number of nitrogens with one attached hydrogen (secondary N) is 1. The molecule has 100 valence electrons. The average molecular weight is 249 g/mol. The van der Waals surface area contributed by atoms with Crippen molar-refractivity contribution in [3.8, 4) is 0 Å². The van der Waals surface area contributed by atoms with E-state index in [1.807, 2.05) is 0 Å². The third kappa shape index (κ3) is 2.18. The van der Waals surface area contributed by atoms with Crippen molar-refractivity contribution in [1.29, 1.82) is 0 Å². The van der Waals surface area contributed by atoms with E-state index in [4.69, 9.17) is 9.51 Å². The summed E-state index contributed by atoms with van der Waals surface area (Å²) in [7, 11) is 0. The first-order chi connectivity index (χ1) is 8.67. The van der Waals surface area contributed by atoms with E-state index in [9.17, 15) is 0 Å². The van der Waals surface area contributed by atoms with Crippen molar-refractivity contribution in [2.24, 2.45) is 5.92 Å². The zero-order valence-electron chi connectivity index (χ0n) is 11.4. The predicted molar refractivity (Wildman–Crippen MR) is 69.5 cm³/mol. The molecule has 4 heteroatoms. The van der Waals surface area contributed by atoms with Crippen molar-refractivity contribution in [3.05, 3.63) is 11.7 Å². The van der Waals surface area contributed by atoms with Crippen molar-refractivity contribution >= 4 is 0 Å². The molecule has 2 fully saturated rings. The average Bonchev–Trinajstić information content (AvgIpc) is 2.98. The van der Waals surface area contributed by atoms with Crippen LogP contribution in [0.15, 0.2) is 4.52 Å². The van der Waals surface area contributed by atoms with Gasteiger partial charge in [0.15, 0.2) is 5.82 Å². The molecule has 1 saturated carbocycles. The van der Waals surface area contributed by atoms with E-state index >= 15 is 0 Å². The lowest BCUT2D eigenvalue weighted by Crippen LogP contribution is -2.37. The number of hydrogen-bond donors (Lipinski definition) is 1. The van der Waals surface area contributed by atoms with Gasteiger partial charge in [0.05, 0.1) is 0 Å². The Bertz CT molecular complexity index is 409. The van der Waals surface area contributed by atoms with Gasteiger partial charge in [0, 0.05) is 11.3 Å². The molecule has 2 aliphatic rings. The van der Waals surface area contributed by atoms with Gasteiger partial charge >= 0.3 is 0 Å². The van der Waals surface area contributed by atoms with Gasteiger partial charge < -0.3 is 9.84 Å². The molecule has 2 atom stereocenters. The molecular weight excluding hydrogens is 226 g/mol. The lowest BCUT2D eigenvalue weighted by Gasteiger charge is -2.30. The molecule has 0 radical (unpaired) electrons. The Labute approximate surface area is 109 Å². The van der Waals surface area contributed by atoms with Crippen LogP contribution in [-0.2, 0) is 5.41 Å². The van der Waals surface area contributed by atoms with Crippen molar-refractivity contribution in [2.45, 2.75) is 57.3 Å². The first-order valence-electron chi connectivity index (χ1n) is 7.22. The molecule has 0 bridgehead atoms. The Hall–Kier alpha value is -0.900. The van der Waals surface area contributed by atoms with Crippen LogP contribution in [0.4, 0.5) is 0 Å². The summed E-state index contributed by atoms with van der Waals surface area (Å²) in [5, 5.41) is 7.63. The SMILES string of the molecule is CC1CCC(c2noc(C3(C)CCNCC3)n2)C1. The second-order valence-electron chi connectivity index (χ2n) is 6.38. The molecule has 0 spiro atoms. The second-order valence-corrected chi connectivity index (χ2v) is 6.38. The lowest BCUT2D eigenvalue weighted by atomic mass is 9.81. The van der Waals surface area contributed by atoms with Crippen molar-refractivity contribution in [2.75, 3.05) is 13.1 Å². The second kappa shape index (κ2) is 4.65. The maximum absolute atomic E-state index is 5.57. The van der Waals surface area contributed by atoms with Crippen LogP contribution in [0.1, 0.15) is 63.6 Å². The highest BCUT2D eigenvalue weighted by atomic mass is 16.5. The molecule has 0 amide bonds. The summed E-state index contributed by atoms with van der Waals surface area (Å²) in [6.45, 7) is 6.67. The molecule has 1 aromatic heterocycles. The van der Waals surface area contributed by atoms with Crippen LogP contribution in [-0.4, -0.2) is 23.2 Å². The molecule has 0 aromatic carbocycles. The highest BCUT2D eigenvalue weighted by Crippen LogP contribution is 2.38. The van der Waals surface area contributed by atoms with Gasteiger partial charge in [-0.05, 0) is 51.1 Å². The Kier molecular flexibility index (Phi) is 3.14. The van der Waals surface area contributed by atoms with Crippen LogP contribution in [0.5, 0.6) is 0 Å². The summed E-state index contributed by atoms with van der Waals surface area (Å²) in [4.78, 5) is 4.72. The highest BCUT2D eigenvalue weighted by Gasteiger charge is 2.36. The summed E-state index contributed by atoms with van der Waals surface area (Å²) >= 11 is 0. The minimum atomic E-state index is 0.0840. The maximum Gasteiger partial charge on any atom is 0.232 e. The Morgan fingerprint density at radius 2 is 2.06 bits per heavy atom. The maximum atomic E-state index is 5.57. The molecular formula is C14H23N3O. The van der Waals surface area contributed by atoms with E-state index in [0.29, 0.717) is 5.92 Å². The van der Waals surface area contributed by atoms with Crippen LogP contribution in [0.3, 0.4) is 0 Å². The molecule has 1 aromatic rings. The van der Waals surface area contributed by atoms with Gasteiger partial charge in [-0.1, -0.05) is 19.0 Å². The van der Waals surface area contributed by atoms with Gasteiger partial charge in [0.2, 0.25) is 5.89 Å². The number of hydrogen-bond acceptors (Lipinski definition) is 4. The minimum Gasteiger partial charge on any atom is -0.339 e. The van der Waals surface area contributed by atoms with Crippen LogP contribution in [0.25, 0.3) is 0 Å². The summed E-state index contributed by atoms with van der Waals surface area (Å²) in [5.74, 6) is 3.15. The lowest BCUT2D eigenvalue weighted by molar-refractivity contribution is 0.240. The first-order valence-corrected chi connectivity index (χ1v) is 7.22. The van der Waals surface area contributed by atoms with Crippen LogP contribution in [0, 0.1) is 5.92 Å². The Morgan fingerprint density at radius 3 is 2.72 bits per heavy atom. The van der Waals surface area contributed by atoms with Gasteiger partial charge in [-0.15, -0.1) is 0 Å². The molecule has 4 nitrogen and oxygen atoms in total. The summed E-state index contributed by atoms with van der Waals surface area (Å²) in [6, 6.07) is 0. The zero-order chi connectivity index (χ0) is 12.6. The molecule has 1 aliphatic heterocycles. The van der Waals surface area contributed by atoms with Crippen molar-refractivity contribution in [1.82, 2.24) is 15.5 Å². The number of aromatic nitrogens is 2. The minimum absolute atomic E-state index is 0.0840. The zero-order valence-corrected chi connectivity index (χ0v) is 11.4. The molecule has 18 heavy (non-hydrogen) atoms. The standard InChI is InChI=1S/C14H23N3O/c1-10-3-4-11(9-10)12-16-13(18-17-12)14(2)5-7-15-8-6-14/h10-11,15H,3-9H2,1-2H3.